The van der Waals surface area contributed by atoms with Crippen LogP contribution in [0, 0.1) is 0 Å². The Kier molecular flexibility index (Phi) is 3.56. The van der Waals surface area contributed by atoms with E-state index in [0.717, 1.165) is 17.0 Å². The number of anilines is 2. The van der Waals surface area contributed by atoms with Crippen LogP contribution in [0.1, 0.15) is 22.1 Å². The van der Waals surface area contributed by atoms with Gasteiger partial charge in [0, 0.05) is 24.9 Å². The average Bonchev–Trinajstić information content (AvgIpc) is 2.83. The van der Waals surface area contributed by atoms with Gasteiger partial charge in [0.05, 0.1) is 30.2 Å². The number of rotatable bonds is 4. The van der Waals surface area contributed by atoms with E-state index in [0.29, 0.717) is 5.69 Å². The Balaban J connectivity index is 1.92. The van der Waals surface area contributed by atoms with Gasteiger partial charge in [-0.05, 0) is 18.2 Å². The monoisotopic (exact) mass is 300 g/mol. The second-order valence-electron chi connectivity index (χ2n) is 4.92. The molecule has 1 aliphatic rings. The molecule has 0 bridgehead atoms. The summed E-state index contributed by atoms with van der Waals surface area (Å²) in [5.74, 6) is -0.230. The number of methoxy groups -OCH3 is 1. The second-order valence-corrected chi connectivity index (χ2v) is 4.92. The molecule has 0 fully saturated rings. The summed E-state index contributed by atoms with van der Waals surface area (Å²) in [5, 5.41) is 14.3. The lowest BCUT2D eigenvalue weighted by Crippen LogP contribution is -2.34. The largest absolute Gasteiger partial charge is 0.497 e. The quantitative estimate of drug-likeness (QED) is 0.794. The number of hydrogen-bond acceptors (Lipinski definition) is 6. The minimum Gasteiger partial charge on any atom is -0.497 e. The van der Waals surface area contributed by atoms with Crippen LogP contribution in [0.4, 0.5) is 11.4 Å². The van der Waals surface area contributed by atoms with Crippen molar-refractivity contribution in [2.75, 3.05) is 24.5 Å². The highest BCUT2D eigenvalue weighted by Crippen LogP contribution is 2.35. The number of carboxylic acids is 1. The first-order chi connectivity index (χ1) is 10.6. The minimum absolute atomic E-state index is 0.182. The Morgan fingerprint density at radius 1 is 1.45 bits per heavy atom. The van der Waals surface area contributed by atoms with Crippen LogP contribution < -0.4 is 20.5 Å². The standard InChI is InChI=1S/C15H16N4O3/c1-19-13-7-9(22-2)3-4-11(13)14(18-19)17-12-8-16-6-5-10(12)15(20)21/h3-8,14,17-18H,1-2H3,(H,20,21). The first-order valence-electron chi connectivity index (χ1n) is 6.72. The number of carboxylic acid groups (broad SMARTS) is 1. The zero-order valence-corrected chi connectivity index (χ0v) is 12.2. The molecule has 0 saturated heterocycles. The van der Waals surface area contributed by atoms with Gasteiger partial charge < -0.3 is 20.2 Å². The highest BCUT2D eigenvalue weighted by molar-refractivity contribution is 5.94. The molecular weight excluding hydrogens is 284 g/mol. The molecular formula is C15H16N4O3. The van der Waals surface area contributed by atoms with E-state index in [9.17, 15) is 9.90 Å². The number of hydrazine groups is 1. The van der Waals surface area contributed by atoms with Crippen molar-refractivity contribution < 1.29 is 14.6 Å². The Labute approximate surface area is 127 Å². The van der Waals surface area contributed by atoms with E-state index >= 15 is 0 Å². The predicted molar refractivity (Wildman–Crippen MR) is 82.1 cm³/mol. The van der Waals surface area contributed by atoms with E-state index in [2.05, 4.69) is 15.7 Å². The Morgan fingerprint density at radius 2 is 2.27 bits per heavy atom. The molecule has 0 aliphatic carbocycles. The van der Waals surface area contributed by atoms with Crippen LogP contribution in [-0.2, 0) is 0 Å². The summed E-state index contributed by atoms with van der Waals surface area (Å²) in [6.07, 6.45) is 2.72. The Bertz CT molecular complexity index is 720. The van der Waals surface area contributed by atoms with Gasteiger partial charge in [-0.1, -0.05) is 0 Å². The van der Waals surface area contributed by atoms with Gasteiger partial charge in [-0.15, -0.1) is 0 Å². The van der Waals surface area contributed by atoms with Crippen molar-refractivity contribution in [3.05, 3.63) is 47.8 Å². The highest BCUT2D eigenvalue weighted by Gasteiger charge is 2.27. The van der Waals surface area contributed by atoms with Crippen LogP contribution in [0.3, 0.4) is 0 Å². The fourth-order valence-corrected chi connectivity index (χ4v) is 2.48. The maximum Gasteiger partial charge on any atom is 0.337 e. The lowest BCUT2D eigenvalue weighted by Gasteiger charge is -2.18. The molecule has 0 saturated carbocycles. The first kappa shape index (κ1) is 14.2. The number of nitrogens with one attached hydrogen (secondary N) is 2. The van der Waals surface area contributed by atoms with Crippen LogP contribution in [-0.4, -0.2) is 30.2 Å². The van der Waals surface area contributed by atoms with Gasteiger partial charge in [0.2, 0.25) is 0 Å². The van der Waals surface area contributed by atoms with Gasteiger partial charge in [0.1, 0.15) is 11.9 Å². The topological polar surface area (TPSA) is 86.7 Å². The lowest BCUT2D eigenvalue weighted by atomic mass is 10.1. The average molecular weight is 300 g/mol. The summed E-state index contributed by atoms with van der Waals surface area (Å²) in [7, 11) is 3.51. The third-order valence-corrected chi connectivity index (χ3v) is 3.58. The number of carbonyl (C=O) groups is 1. The molecule has 0 amide bonds. The third kappa shape index (κ3) is 2.42. The fourth-order valence-electron chi connectivity index (χ4n) is 2.48. The molecule has 0 radical (unpaired) electrons. The summed E-state index contributed by atoms with van der Waals surface area (Å²) < 4.78 is 5.23. The number of fused-ring (bicyclic) bond motifs is 1. The van der Waals surface area contributed by atoms with Crippen molar-refractivity contribution >= 4 is 17.3 Å². The molecule has 1 atom stereocenters. The van der Waals surface area contributed by atoms with Crippen LogP contribution in [0.5, 0.6) is 5.75 Å². The van der Waals surface area contributed by atoms with E-state index in [1.807, 2.05) is 30.3 Å². The fraction of sp³-hybridized carbons (Fsp3) is 0.200. The van der Waals surface area contributed by atoms with Gasteiger partial charge in [-0.3, -0.25) is 4.98 Å². The molecule has 3 rings (SSSR count). The van der Waals surface area contributed by atoms with Gasteiger partial charge in [0.15, 0.2) is 0 Å². The van der Waals surface area contributed by atoms with Crippen LogP contribution in [0.25, 0.3) is 0 Å². The molecule has 1 unspecified atom stereocenters. The first-order valence-corrected chi connectivity index (χ1v) is 6.72. The maximum atomic E-state index is 11.3. The maximum absolute atomic E-state index is 11.3. The minimum atomic E-state index is -0.994. The number of ether oxygens (including phenoxy) is 1. The molecule has 2 heterocycles. The van der Waals surface area contributed by atoms with E-state index in [1.54, 1.807) is 7.11 Å². The number of hydrogen-bond donors (Lipinski definition) is 3. The number of pyridine rings is 1. The van der Waals surface area contributed by atoms with Crippen LogP contribution in [0.15, 0.2) is 36.7 Å². The molecule has 0 spiro atoms. The van der Waals surface area contributed by atoms with E-state index in [-0.39, 0.29) is 11.7 Å². The molecule has 22 heavy (non-hydrogen) atoms. The third-order valence-electron chi connectivity index (χ3n) is 3.58. The van der Waals surface area contributed by atoms with Crippen LogP contribution >= 0.6 is 0 Å². The lowest BCUT2D eigenvalue weighted by molar-refractivity contribution is 0.0697. The zero-order valence-electron chi connectivity index (χ0n) is 12.2. The van der Waals surface area contributed by atoms with Crippen molar-refractivity contribution in [3.8, 4) is 5.75 Å². The molecule has 2 aromatic rings. The van der Waals surface area contributed by atoms with Crippen molar-refractivity contribution in [1.82, 2.24) is 10.4 Å². The summed E-state index contributed by atoms with van der Waals surface area (Å²) in [6.45, 7) is 0. The van der Waals surface area contributed by atoms with Gasteiger partial charge >= 0.3 is 5.97 Å². The van der Waals surface area contributed by atoms with Gasteiger partial charge in [-0.2, -0.15) is 0 Å². The molecule has 7 heteroatoms. The number of aromatic carboxylic acids is 1. The van der Waals surface area contributed by atoms with Crippen molar-refractivity contribution in [3.63, 3.8) is 0 Å². The van der Waals surface area contributed by atoms with E-state index in [4.69, 9.17) is 4.74 Å². The van der Waals surface area contributed by atoms with E-state index < -0.39 is 5.97 Å². The Hall–Kier alpha value is -2.80. The van der Waals surface area contributed by atoms with E-state index in [1.165, 1.54) is 18.5 Å². The highest BCUT2D eigenvalue weighted by atomic mass is 16.5. The summed E-state index contributed by atoms with van der Waals surface area (Å²) >= 11 is 0. The predicted octanol–water partition coefficient (Wildman–Crippen LogP) is 1.85. The van der Waals surface area contributed by atoms with Crippen molar-refractivity contribution in [1.29, 1.82) is 0 Å². The molecule has 114 valence electrons. The van der Waals surface area contributed by atoms with Gasteiger partial charge in [-0.25, -0.2) is 10.2 Å². The second kappa shape index (κ2) is 5.53. The molecule has 1 aromatic carbocycles. The Morgan fingerprint density at radius 3 is 3.00 bits per heavy atom. The van der Waals surface area contributed by atoms with Gasteiger partial charge in [0.25, 0.3) is 0 Å². The summed E-state index contributed by atoms with van der Waals surface area (Å²) in [6, 6.07) is 7.21. The summed E-state index contributed by atoms with van der Waals surface area (Å²) in [4.78, 5) is 15.3. The molecule has 7 nitrogen and oxygen atoms in total. The normalized spacial score (nSPS) is 16.3. The van der Waals surface area contributed by atoms with Crippen molar-refractivity contribution in [2.45, 2.75) is 6.17 Å². The smallest absolute Gasteiger partial charge is 0.337 e. The SMILES string of the molecule is COc1ccc2c(c1)N(C)NC2Nc1cnccc1C(=O)O. The molecule has 1 aromatic heterocycles. The van der Waals surface area contributed by atoms with Crippen molar-refractivity contribution in [2.24, 2.45) is 0 Å². The number of aromatic nitrogens is 1. The van der Waals surface area contributed by atoms with Crippen LogP contribution in [0.2, 0.25) is 0 Å². The zero-order chi connectivity index (χ0) is 15.7. The molecule has 3 N–H and O–H groups in total. The number of benzene rings is 1. The molecule has 1 aliphatic heterocycles. The number of nitrogens with zero attached hydrogens (tertiary/aromatic N) is 2. The summed E-state index contributed by atoms with van der Waals surface area (Å²) in [5.41, 5.74) is 5.85.